The number of fused-ring (bicyclic) bond motifs is 2. The number of rotatable bonds is 3. The summed E-state index contributed by atoms with van der Waals surface area (Å²) in [6.45, 7) is 2.53. The number of hydrogen-bond acceptors (Lipinski definition) is 7. The molecule has 2 aliphatic heterocycles. The molecule has 0 radical (unpaired) electrons. The summed E-state index contributed by atoms with van der Waals surface area (Å²) < 4.78 is 5.36. The average Bonchev–Trinajstić information content (AvgIpc) is 3.29. The van der Waals surface area contributed by atoms with Gasteiger partial charge in [0.25, 0.3) is 5.91 Å². The van der Waals surface area contributed by atoms with Crippen molar-refractivity contribution in [2.24, 2.45) is 4.99 Å². The fraction of sp³-hybridized carbons (Fsp3) is 0.174. The van der Waals surface area contributed by atoms with Crippen molar-refractivity contribution in [3.8, 4) is 5.75 Å². The Morgan fingerprint density at radius 2 is 2.00 bits per heavy atom. The van der Waals surface area contributed by atoms with Crippen molar-refractivity contribution in [2.75, 3.05) is 25.6 Å². The van der Waals surface area contributed by atoms with E-state index in [1.165, 1.54) is 11.8 Å². The molecule has 156 valence electrons. The third-order valence-corrected chi connectivity index (χ3v) is 7.66. The van der Waals surface area contributed by atoms with Gasteiger partial charge in [0.15, 0.2) is 5.17 Å². The number of thioether (sulfide) groups is 2. The maximum absolute atomic E-state index is 13.2. The molecule has 0 N–H and O–H groups in total. The zero-order chi connectivity index (χ0) is 21.5. The van der Waals surface area contributed by atoms with Gasteiger partial charge in [-0.15, -0.1) is 0 Å². The molecule has 0 spiro atoms. The molecule has 3 aromatic rings. The summed E-state index contributed by atoms with van der Waals surface area (Å²) in [5, 5.41) is 2.64. The molecule has 0 unspecified atom stereocenters. The van der Waals surface area contributed by atoms with E-state index in [1.54, 1.807) is 30.0 Å². The molecule has 1 fully saturated rings. The number of likely N-dealkylation sites (N-methyl/N-ethyl adjacent to an activating group) is 1. The van der Waals surface area contributed by atoms with Crippen molar-refractivity contribution >= 4 is 56.9 Å². The van der Waals surface area contributed by atoms with Gasteiger partial charge in [-0.05, 0) is 55.1 Å². The fourth-order valence-electron chi connectivity index (χ4n) is 3.59. The van der Waals surface area contributed by atoms with Gasteiger partial charge in [-0.1, -0.05) is 17.8 Å². The molecule has 31 heavy (non-hydrogen) atoms. The van der Waals surface area contributed by atoms with Crippen LogP contribution >= 0.6 is 23.5 Å². The van der Waals surface area contributed by atoms with E-state index < -0.39 is 0 Å². The van der Waals surface area contributed by atoms with E-state index in [0.717, 1.165) is 38.0 Å². The molecular weight excluding hydrogens is 428 g/mol. The molecule has 3 heterocycles. The van der Waals surface area contributed by atoms with Crippen LogP contribution in [-0.4, -0.2) is 41.7 Å². The molecular formula is C23H20N4O2S2. The zero-order valence-corrected chi connectivity index (χ0v) is 19.0. The zero-order valence-electron chi connectivity index (χ0n) is 17.3. The van der Waals surface area contributed by atoms with Gasteiger partial charge in [-0.25, -0.2) is 4.99 Å². The summed E-state index contributed by atoms with van der Waals surface area (Å²) in [4.78, 5) is 28.0. The summed E-state index contributed by atoms with van der Waals surface area (Å²) in [5.41, 5.74) is 2.77. The minimum atomic E-state index is -0.0113. The van der Waals surface area contributed by atoms with E-state index in [4.69, 9.17) is 9.73 Å². The molecule has 2 aromatic carbocycles. The second-order valence-corrected chi connectivity index (χ2v) is 9.06. The van der Waals surface area contributed by atoms with E-state index in [-0.39, 0.29) is 5.91 Å². The number of amidine groups is 1. The molecule has 2 aliphatic rings. The van der Waals surface area contributed by atoms with Crippen LogP contribution in [0.2, 0.25) is 0 Å². The van der Waals surface area contributed by atoms with Crippen molar-refractivity contribution in [3.05, 3.63) is 64.7 Å². The molecule has 1 saturated heterocycles. The van der Waals surface area contributed by atoms with Gasteiger partial charge in [0.2, 0.25) is 0 Å². The van der Waals surface area contributed by atoms with Crippen LogP contribution < -0.4 is 9.64 Å². The van der Waals surface area contributed by atoms with Crippen molar-refractivity contribution in [1.29, 1.82) is 0 Å². The second kappa shape index (κ2) is 7.94. The van der Waals surface area contributed by atoms with Crippen LogP contribution in [0.15, 0.2) is 74.5 Å². The third-order valence-electron chi connectivity index (χ3n) is 5.22. The Bertz CT molecular complexity index is 1270. The molecule has 6 nitrogen and oxygen atoms in total. The third kappa shape index (κ3) is 3.45. The number of benzene rings is 2. The Hall–Kier alpha value is -2.97. The fourth-order valence-corrected chi connectivity index (χ4v) is 5.98. The maximum atomic E-state index is 13.2. The van der Waals surface area contributed by atoms with Gasteiger partial charge in [-0.2, -0.15) is 0 Å². The lowest BCUT2D eigenvalue weighted by Gasteiger charge is -2.15. The van der Waals surface area contributed by atoms with Crippen LogP contribution in [0.1, 0.15) is 6.92 Å². The average molecular weight is 449 g/mol. The Kier molecular flexibility index (Phi) is 5.11. The number of pyridine rings is 1. The smallest absolute Gasteiger partial charge is 0.269 e. The summed E-state index contributed by atoms with van der Waals surface area (Å²) >= 11 is 3.04. The van der Waals surface area contributed by atoms with E-state index in [0.29, 0.717) is 16.6 Å². The highest BCUT2D eigenvalue weighted by Gasteiger charge is 2.38. The maximum Gasteiger partial charge on any atom is 0.269 e. The summed E-state index contributed by atoms with van der Waals surface area (Å²) in [6, 6.07) is 15.8. The first kappa shape index (κ1) is 20.0. The first-order valence-corrected chi connectivity index (χ1v) is 11.5. The largest absolute Gasteiger partial charge is 0.497 e. The Morgan fingerprint density at radius 1 is 1.13 bits per heavy atom. The van der Waals surface area contributed by atoms with Crippen LogP contribution in [0, 0.1) is 0 Å². The molecule has 5 rings (SSSR count). The first-order valence-electron chi connectivity index (χ1n) is 9.86. The number of aromatic nitrogens is 1. The summed E-state index contributed by atoms with van der Waals surface area (Å²) in [6.07, 6.45) is 1.78. The van der Waals surface area contributed by atoms with Crippen LogP contribution in [0.3, 0.4) is 0 Å². The number of hydrogen-bond donors (Lipinski definition) is 0. The van der Waals surface area contributed by atoms with Gasteiger partial charge in [0.05, 0.1) is 29.0 Å². The van der Waals surface area contributed by atoms with Crippen LogP contribution in [0.25, 0.3) is 10.9 Å². The number of carbonyl (C=O) groups excluding carboxylic acids is 1. The van der Waals surface area contributed by atoms with E-state index in [2.05, 4.69) is 9.88 Å². The number of ether oxygens (including phenoxy) is 1. The highest BCUT2D eigenvalue weighted by atomic mass is 32.2. The van der Waals surface area contributed by atoms with Crippen molar-refractivity contribution < 1.29 is 9.53 Å². The molecule has 8 heteroatoms. The lowest BCUT2D eigenvalue weighted by Crippen LogP contribution is -2.29. The molecule has 0 atom stereocenters. The minimum Gasteiger partial charge on any atom is -0.497 e. The summed E-state index contributed by atoms with van der Waals surface area (Å²) in [5.74, 6) is 0.786. The molecule has 1 amide bonds. The minimum absolute atomic E-state index is 0.0113. The van der Waals surface area contributed by atoms with Gasteiger partial charge in [0.1, 0.15) is 10.7 Å². The van der Waals surface area contributed by atoms with E-state index >= 15 is 0 Å². The predicted octanol–water partition coefficient (Wildman–Crippen LogP) is 5.24. The highest BCUT2D eigenvalue weighted by Crippen LogP contribution is 2.51. The molecule has 1 aromatic heterocycles. The Labute approximate surface area is 189 Å². The standard InChI is InChI=1S/C23H20N4O2S2/c1-4-27-21(28)20(22-26(2)18-13-16(29-3)8-10-19(18)30-22)31-23(27)25-15-7-9-17-14(12-15)6-5-11-24-17/h5-13H,4H2,1-3H3. The second-order valence-electron chi connectivity index (χ2n) is 7.06. The number of aliphatic imine (C=N–C) groups is 1. The first-order chi connectivity index (χ1) is 15.1. The number of anilines is 1. The number of carbonyl (C=O) groups is 1. The molecule has 0 aliphatic carbocycles. The van der Waals surface area contributed by atoms with Crippen LogP contribution in [-0.2, 0) is 4.79 Å². The number of amides is 1. The summed E-state index contributed by atoms with van der Waals surface area (Å²) in [7, 11) is 3.64. The SMILES string of the molecule is CCN1C(=O)C(=C2Sc3ccc(OC)cc3N2C)SC1=Nc1ccc2ncccc2c1. The van der Waals surface area contributed by atoms with Gasteiger partial charge in [-0.3, -0.25) is 14.7 Å². The van der Waals surface area contributed by atoms with E-state index in [9.17, 15) is 4.79 Å². The lowest BCUT2D eigenvalue weighted by molar-refractivity contribution is -0.122. The van der Waals surface area contributed by atoms with Gasteiger partial charge in [0, 0.05) is 36.1 Å². The normalized spacial score (nSPS) is 19.6. The van der Waals surface area contributed by atoms with E-state index in [1.807, 2.05) is 62.5 Å². The number of nitrogens with zero attached hydrogens (tertiary/aromatic N) is 4. The quantitative estimate of drug-likeness (QED) is 0.511. The topological polar surface area (TPSA) is 58.0 Å². The monoisotopic (exact) mass is 448 g/mol. The van der Waals surface area contributed by atoms with Crippen molar-refractivity contribution in [1.82, 2.24) is 9.88 Å². The van der Waals surface area contributed by atoms with Crippen LogP contribution in [0.4, 0.5) is 11.4 Å². The van der Waals surface area contributed by atoms with Crippen LogP contribution in [0.5, 0.6) is 5.75 Å². The Balaban J connectivity index is 1.52. The highest BCUT2D eigenvalue weighted by molar-refractivity contribution is 8.19. The predicted molar refractivity (Wildman–Crippen MR) is 128 cm³/mol. The van der Waals surface area contributed by atoms with Crippen molar-refractivity contribution in [3.63, 3.8) is 0 Å². The Morgan fingerprint density at radius 3 is 2.81 bits per heavy atom. The lowest BCUT2D eigenvalue weighted by atomic mass is 10.2. The van der Waals surface area contributed by atoms with Crippen molar-refractivity contribution in [2.45, 2.75) is 11.8 Å². The number of methoxy groups -OCH3 is 1. The molecule has 0 saturated carbocycles. The van der Waals surface area contributed by atoms with Gasteiger partial charge >= 0.3 is 0 Å². The molecule has 0 bridgehead atoms. The van der Waals surface area contributed by atoms with Gasteiger partial charge < -0.3 is 9.64 Å².